The number of hydrogen-bond donors (Lipinski definition) is 1. The number of methoxy groups -OCH3 is 2. The second-order valence-electron chi connectivity index (χ2n) is 4.43. The Labute approximate surface area is 119 Å². The number of nitrogens with one attached hydrogen (secondary N) is 1. The van der Waals surface area contributed by atoms with E-state index >= 15 is 0 Å². The van der Waals surface area contributed by atoms with Crippen molar-refractivity contribution in [2.45, 2.75) is 6.92 Å². The SMILES string of the molecule is COCCN(C)CCNc1cc(C)nc(C(=O)OC)n1. The molecule has 1 N–H and O–H groups in total. The molecule has 0 aromatic carbocycles. The highest BCUT2D eigenvalue weighted by Gasteiger charge is 2.11. The van der Waals surface area contributed by atoms with Crippen LogP contribution < -0.4 is 5.32 Å². The average molecular weight is 282 g/mol. The van der Waals surface area contributed by atoms with Crippen LogP contribution in [0.1, 0.15) is 16.3 Å². The van der Waals surface area contributed by atoms with E-state index in [4.69, 9.17) is 4.74 Å². The zero-order chi connectivity index (χ0) is 15.0. The third-order valence-corrected chi connectivity index (χ3v) is 2.70. The minimum atomic E-state index is -0.533. The highest BCUT2D eigenvalue weighted by Crippen LogP contribution is 2.06. The highest BCUT2D eigenvalue weighted by molar-refractivity contribution is 5.85. The fourth-order valence-corrected chi connectivity index (χ4v) is 1.58. The number of hydrogen-bond acceptors (Lipinski definition) is 7. The lowest BCUT2D eigenvalue weighted by Crippen LogP contribution is -2.28. The van der Waals surface area contributed by atoms with Gasteiger partial charge in [-0.2, -0.15) is 0 Å². The summed E-state index contributed by atoms with van der Waals surface area (Å²) in [6.45, 7) is 4.95. The van der Waals surface area contributed by atoms with Gasteiger partial charge < -0.3 is 19.7 Å². The first-order chi connectivity index (χ1) is 9.56. The van der Waals surface area contributed by atoms with Crippen molar-refractivity contribution in [3.63, 3.8) is 0 Å². The average Bonchev–Trinajstić information content (AvgIpc) is 2.43. The summed E-state index contributed by atoms with van der Waals surface area (Å²) >= 11 is 0. The Kier molecular flexibility index (Phi) is 6.89. The van der Waals surface area contributed by atoms with Gasteiger partial charge in [0.1, 0.15) is 5.82 Å². The van der Waals surface area contributed by atoms with E-state index in [1.165, 1.54) is 7.11 Å². The molecule has 112 valence electrons. The van der Waals surface area contributed by atoms with Gasteiger partial charge in [0.15, 0.2) is 0 Å². The van der Waals surface area contributed by atoms with Crippen molar-refractivity contribution in [1.29, 1.82) is 0 Å². The smallest absolute Gasteiger partial charge is 0.376 e. The Morgan fingerprint density at radius 2 is 2.10 bits per heavy atom. The largest absolute Gasteiger partial charge is 0.463 e. The summed E-state index contributed by atoms with van der Waals surface area (Å²) in [5.74, 6) is 0.162. The van der Waals surface area contributed by atoms with Crippen molar-refractivity contribution in [3.05, 3.63) is 17.6 Å². The number of carbonyl (C=O) groups is 1. The van der Waals surface area contributed by atoms with Crippen molar-refractivity contribution >= 4 is 11.8 Å². The molecule has 0 radical (unpaired) electrons. The molecular formula is C13H22N4O3. The number of ether oxygens (including phenoxy) is 2. The van der Waals surface area contributed by atoms with E-state index in [2.05, 4.69) is 24.9 Å². The molecule has 0 aliphatic rings. The molecule has 1 rings (SSSR count). The van der Waals surface area contributed by atoms with E-state index in [0.29, 0.717) is 12.4 Å². The highest BCUT2D eigenvalue weighted by atomic mass is 16.5. The zero-order valence-corrected chi connectivity index (χ0v) is 12.5. The van der Waals surface area contributed by atoms with Gasteiger partial charge in [-0.15, -0.1) is 0 Å². The van der Waals surface area contributed by atoms with Crippen molar-refractivity contribution in [3.8, 4) is 0 Å². The van der Waals surface area contributed by atoms with Crippen LogP contribution in [0.4, 0.5) is 5.82 Å². The number of aromatic nitrogens is 2. The Morgan fingerprint density at radius 1 is 1.35 bits per heavy atom. The quantitative estimate of drug-likeness (QED) is 0.698. The predicted octanol–water partition coefficient (Wildman–Crippen LogP) is 0.562. The van der Waals surface area contributed by atoms with Crippen LogP contribution in [0, 0.1) is 6.92 Å². The maximum absolute atomic E-state index is 11.4. The summed E-state index contributed by atoms with van der Waals surface area (Å²) in [7, 11) is 5.02. The molecule has 0 amide bonds. The molecule has 1 aromatic rings. The zero-order valence-electron chi connectivity index (χ0n) is 12.5. The molecule has 0 saturated carbocycles. The Bertz CT molecular complexity index is 440. The van der Waals surface area contributed by atoms with Gasteiger partial charge in [-0.3, -0.25) is 0 Å². The Morgan fingerprint density at radius 3 is 2.75 bits per heavy atom. The molecule has 7 heteroatoms. The number of rotatable bonds is 8. The van der Waals surface area contributed by atoms with Crippen LogP contribution in [0.25, 0.3) is 0 Å². The molecule has 0 bridgehead atoms. The monoisotopic (exact) mass is 282 g/mol. The standard InChI is InChI=1S/C13H22N4O3/c1-10-9-11(16-12(15-10)13(18)20-4)14-5-6-17(2)7-8-19-3/h9H,5-8H2,1-4H3,(H,14,15,16). The fraction of sp³-hybridized carbons (Fsp3) is 0.615. The number of nitrogens with zero attached hydrogens (tertiary/aromatic N) is 3. The molecule has 20 heavy (non-hydrogen) atoms. The lowest BCUT2D eigenvalue weighted by Gasteiger charge is -2.16. The van der Waals surface area contributed by atoms with Gasteiger partial charge in [0.05, 0.1) is 13.7 Å². The van der Waals surface area contributed by atoms with Crippen molar-refractivity contribution < 1.29 is 14.3 Å². The molecule has 0 aliphatic carbocycles. The summed E-state index contributed by atoms with van der Waals surface area (Å²) in [6, 6.07) is 1.79. The van der Waals surface area contributed by atoms with E-state index in [1.807, 2.05) is 14.0 Å². The number of esters is 1. The molecular weight excluding hydrogens is 260 g/mol. The second-order valence-corrected chi connectivity index (χ2v) is 4.43. The molecule has 1 aromatic heterocycles. The minimum Gasteiger partial charge on any atom is -0.463 e. The summed E-state index contributed by atoms with van der Waals surface area (Å²) in [5, 5.41) is 3.17. The van der Waals surface area contributed by atoms with Crippen LogP contribution in [0.2, 0.25) is 0 Å². The topological polar surface area (TPSA) is 76.6 Å². The third-order valence-electron chi connectivity index (χ3n) is 2.70. The van der Waals surface area contributed by atoms with Crippen molar-refractivity contribution in [2.75, 3.05) is 52.8 Å². The van der Waals surface area contributed by atoms with Crippen LogP contribution >= 0.6 is 0 Å². The molecule has 0 spiro atoms. The first kappa shape index (κ1) is 16.3. The van der Waals surface area contributed by atoms with Crippen LogP contribution in [0.3, 0.4) is 0 Å². The summed E-state index contributed by atoms with van der Waals surface area (Å²) in [5.41, 5.74) is 0.718. The maximum Gasteiger partial charge on any atom is 0.376 e. The Balaban J connectivity index is 2.51. The lowest BCUT2D eigenvalue weighted by molar-refractivity contribution is 0.0586. The van der Waals surface area contributed by atoms with E-state index in [9.17, 15) is 4.79 Å². The van der Waals surface area contributed by atoms with Crippen LogP contribution in [0.5, 0.6) is 0 Å². The number of aryl methyl sites for hydroxylation is 1. The van der Waals surface area contributed by atoms with Gasteiger partial charge in [-0.05, 0) is 14.0 Å². The van der Waals surface area contributed by atoms with Crippen LogP contribution in [0.15, 0.2) is 6.07 Å². The van der Waals surface area contributed by atoms with Crippen LogP contribution in [-0.2, 0) is 9.47 Å². The lowest BCUT2D eigenvalue weighted by atomic mass is 10.4. The van der Waals surface area contributed by atoms with Crippen LogP contribution in [-0.4, -0.2) is 68.3 Å². The first-order valence-electron chi connectivity index (χ1n) is 6.42. The Hall–Kier alpha value is -1.73. The van der Waals surface area contributed by atoms with Gasteiger partial charge in [-0.1, -0.05) is 0 Å². The van der Waals surface area contributed by atoms with Gasteiger partial charge in [0, 0.05) is 38.5 Å². The maximum atomic E-state index is 11.4. The molecule has 0 aliphatic heterocycles. The molecule has 0 unspecified atom stereocenters. The third kappa shape index (κ3) is 5.50. The van der Waals surface area contributed by atoms with Crippen molar-refractivity contribution in [1.82, 2.24) is 14.9 Å². The van der Waals surface area contributed by atoms with Gasteiger partial charge in [0.25, 0.3) is 0 Å². The van der Waals surface area contributed by atoms with E-state index < -0.39 is 5.97 Å². The second kappa shape index (κ2) is 8.44. The molecule has 0 saturated heterocycles. The van der Waals surface area contributed by atoms with Crippen molar-refractivity contribution in [2.24, 2.45) is 0 Å². The predicted molar refractivity (Wildman–Crippen MR) is 76.0 cm³/mol. The van der Waals surface area contributed by atoms with E-state index in [0.717, 1.165) is 25.3 Å². The van der Waals surface area contributed by atoms with E-state index in [1.54, 1.807) is 13.2 Å². The van der Waals surface area contributed by atoms with Gasteiger partial charge >= 0.3 is 5.97 Å². The molecule has 1 heterocycles. The van der Waals surface area contributed by atoms with Gasteiger partial charge in [0.2, 0.25) is 5.82 Å². The summed E-state index contributed by atoms with van der Waals surface area (Å²) in [4.78, 5) is 21.7. The first-order valence-corrected chi connectivity index (χ1v) is 6.42. The molecule has 0 atom stereocenters. The van der Waals surface area contributed by atoms with E-state index in [-0.39, 0.29) is 5.82 Å². The number of likely N-dealkylation sites (N-methyl/N-ethyl adjacent to an activating group) is 1. The molecule has 0 fully saturated rings. The summed E-state index contributed by atoms with van der Waals surface area (Å²) in [6.07, 6.45) is 0. The fourth-order valence-electron chi connectivity index (χ4n) is 1.58. The summed E-state index contributed by atoms with van der Waals surface area (Å²) < 4.78 is 9.63. The number of carbonyl (C=O) groups excluding carboxylic acids is 1. The normalized spacial score (nSPS) is 10.7. The number of anilines is 1. The molecule has 7 nitrogen and oxygen atoms in total. The van der Waals surface area contributed by atoms with Gasteiger partial charge in [-0.25, -0.2) is 14.8 Å². The minimum absolute atomic E-state index is 0.0720.